The number of rotatable bonds is 1. The average Bonchev–Trinajstić information content (AvgIpc) is 2.28. The van der Waals surface area contributed by atoms with Crippen LogP contribution in [0.1, 0.15) is 17.2 Å². The number of ether oxygens (including phenoxy) is 1. The van der Waals surface area contributed by atoms with E-state index >= 15 is 0 Å². The maximum absolute atomic E-state index is 13.6. The average molecular weight is 209 g/mol. The number of halogens is 1. The van der Waals surface area contributed by atoms with Gasteiger partial charge in [0.25, 0.3) is 0 Å². The highest BCUT2D eigenvalue weighted by Gasteiger charge is 2.29. The van der Waals surface area contributed by atoms with Crippen molar-refractivity contribution in [3.8, 4) is 0 Å². The van der Waals surface area contributed by atoms with Gasteiger partial charge in [-0.15, -0.1) is 0 Å². The summed E-state index contributed by atoms with van der Waals surface area (Å²) < 4.78 is 18.2. The lowest BCUT2D eigenvalue weighted by molar-refractivity contribution is -0.143. The van der Waals surface area contributed by atoms with Gasteiger partial charge in [0.1, 0.15) is 11.9 Å². The van der Waals surface area contributed by atoms with E-state index in [1.807, 2.05) is 6.07 Å². The Kier molecular flexibility index (Phi) is 2.68. The van der Waals surface area contributed by atoms with E-state index in [1.165, 1.54) is 13.2 Å². The van der Waals surface area contributed by atoms with E-state index in [9.17, 15) is 9.18 Å². The molecule has 0 saturated heterocycles. The predicted molar refractivity (Wildman–Crippen MR) is 52.9 cm³/mol. The molecule has 1 aromatic rings. The molecule has 0 bridgehead atoms. The van der Waals surface area contributed by atoms with Gasteiger partial charge in [-0.3, -0.25) is 0 Å². The number of nitrogens with one attached hydrogen (secondary N) is 1. The Morgan fingerprint density at radius 1 is 1.60 bits per heavy atom. The van der Waals surface area contributed by atoms with E-state index in [1.54, 1.807) is 6.07 Å². The fraction of sp³-hybridized carbons (Fsp3) is 0.364. The Morgan fingerprint density at radius 3 is 3.13 bits per heavy atom. The Bertz CT molecular complexity index is 392. The van der Waals surface area contributed by atoms with E-state index in [4.69, 9.17) is 0 Å². The second-order valence-electron chi connectivity index (χ2n) is 3.47. The molecular weight excluding hydrogens is 197 g/mol. The number of methoxy groups -OCH3 is 1. The first-order valence-electron chi connectivity index (χ1n) is 4.82. The minimum absolute atomic E-state index is 0.352. The Morgan fingerprint density at radius 2 is 2.40 bits per heavy atom. The second-order valence-corrected chi connectivity index (χ2v) is 3.47. The van der Waals surface area contributed by atoms with Crippen molar-refractivity contribution in [1.29, 1.82) is 0 Å². The zero-order chi connectivity index (χ0) is 10.8. The van der Waals surface area contributed by atoms with Crippen molar-refractivity contribution in [2.24, 2.45) is 0 Å². The van der Waals surface area contributed by atoms with Crippen LogP contribution in [0.2, 0.25) is 0 Å². The van der Waals surface area contributed by atoms with Crippen LogP contribution in [0.15, 0.2) is 18.2 Å². The summed E-state index contributed by atoms with van der Waals surface area (Å²) in [6.45, 7) is 0.663. The quantitative estimate of drug-likeness (QED) is 0.706. The summed E-state index contributed by atoms with van der Waals surface area (Å²) in [5.41, 5.74) is 1.31. The molecule has 0 amide bonds. The maximum Gasteiger partial charge on any atom is 0.327 e. The van der Waals surface area contributed by atoms with Gasteiger partial charge in [-0.1, -0.05) is 12.1 Å². The van der Waals surface area contributed by atoms with Crippen LogP contribution in [-0.2, 0) is 16.0 Å². The van der Waals surface area contributed by atoms with Gasteiger partial charge in [0, 0.05) is 12.1 Å². The van der Waals surface area contributed by atoms with Crippen LogP contribution in [0.3, 0.4) is 0 Å². The van der Waals surface area contributed by atoms with Gasteiger partial charge >= 0.3 is 5.97 Å². The number of carbonyl (C=O) groups excluding carboxylic acids is 1. The van der Waals surface area contributed by atoms with Crippen molar-refractivity contribution >= 4 is 5.97 Å². The van der Waals surface area contributed by atoms with E-state index in [0.717, 1.165) is 12.0 Å². The summed E-state index contributed by atoms with van der Waals surface area (Å²) in [4.78, 5) is 11.4. The molecule has 3 nitrogen and oxygen atoms in total. The molecule has 0 radical (unpaired) electrons. The van der Waals surface area contributed by atoms with Crippen LogP contribution < -0.4 is 5.32 Å². The molecule has 80 valence electrons. The van der Waals surface area contributed by atoms with E-state index in [2.05, 4.69) is 10.1 Å². The third-order valence-corrected chi connectivity index (χ3v) is 2.61. The van der Waals surface area contributed by atoms with Crippen LogP contribution in [0.4, 0.5) is 4.39 Å². The standard InChI is InChI=1S/C11H12FNO2/c1-15-11(14)10-9-7(5-6-13-10)3-2-4-8(9)12/h2-4,10,13H,5-6H2,1H3. The molecule has 1 N–H and O–H groups in total. The number of fused-ring (bicyclic) bond motifs is 1. The molecule has 1 atom stereocenters. The first-order chi connectivity index (χ1) is 7.24. The van der Waals surface area contributed by atoms with E-state index in [0.29, 0.717) is 12.1 Å². The van der Waals surface area contributed by atoms with Gasteiger partial charge in [0.15, 0.2) is 0 Å². The molecule has 15 heavy (non-hydrogen) atoms. The van der Waals surface area contributed by atoms with Crippen molar-refractivity contribution in [2.45, 2.75) is 12.5 Å². The lowest BCUT2D eigenvalue weighted by atomic mass is 9.94. The zero-order valence-corrected chi connectivity index (χ0v) is 8.42. The summed E-state index contributed by atoms with van der Waals surface area (Å²) >= 11 is 0. The van der Waals surface area contributed by atoms with Gasteiger partial charge in [-0.05, 0) is 18.1 Å². The molecule has 0 aliphatic carbocycles. The summed E-state index contributed by atoms with van der Waals surface area (Å²) in [6.07, 6.45) is 0.737. The summed E-state index contributed by atoms with van der Waals surface area (Å²) in [5.74, 6) is -0.795. The number of hydrogen-bond donors (Lipinski definition) is 1. The number of benzene rings is 1. The van der Waals surface area contributed by atoms with Crippen molar-refractivity contribution < 1.29 is 13.9 Å². The van der Waals surface area contributed by atoms with Crippen molar-refractivity contribution in [1.82, 2.24) is 5.32 Å². The highest BCUT2D eigenvalue weighted by molar-refractivity contribution is 5.78. The van der Waals surface area contributed by atoms with Crippen molar-refractivity contribution in [2.75, 3.05) is 13.7 Å². The lowest BCUT2D eigenvalue weighted by Crippen LogP contribution is -2.36. The molecule has 0 fully saturated rings. The largest absolute Gasteiger partial charge is 0.468 e. The van der Waals surface area contributed by atoms with Crippen LogP contribution >= 0.6 is 0 Å². The highest BCUT2D eigenvalue weighted by Crippen LogP contribution is 2.26. The molecule has 1 unspecified atom stereocenters. The maximum atomic E-state index is 13.6. The van der Waals surface area contributed by atoms with Crippen LogP contribution in [0.25, 0.3) is 0 Å². The molecule has 1 heterocycles. The van der Waals surface area contributed by atoms with Crippen molar-refractivity contribution in [3.05, 3.63) is 35.1 Å². The molecule has 1 aliphatic heterocycles. The zero-order valence-electron chi connectivity index (χ0n) is 8.42. The van der Waals surface area contributed by atoms with Crippen LogP contribution in [0.5, 0.6) is 0 Å². The molecular formula is C11H12FNO2. The molecule has 1 aliphatic rings. The Hall–Kier alpha value is -1.42. The first kappa shape index (κ1) is 10.1. The molecule has 0 aromatic heterocycles. The SMILES string of the molecule is COC(=O)C1NCCc2cccc(F)c21. The third-order valence-electron chi connectivity index (χ3n) is 2.61. The minimum atomic E-state index is -0.667. The Labute approximate surface area is 87.2 Å². The molecule has 2 rings (SSSR count). The normalized spacial score (nSPS) is 19.5. The fourth-order valence-electron chi connectivity index (χ4n) is 1.90. The van der Waals surface area contributed by atoms with Gasteiger partial charge in [-0.25, -0.2) is 9.18 Å². The van der Waals surface area contributed by atoms with Gasteiger partial charge in [0.2, 0.25) is 0 Å². The third kappa shape index (κ3) is 1.72. The topological polar surface area (TPSA) is 38.3 Å². The molecule has 1 aromatic carbocycles. The minimum Gasteiger partial charge on any atom is -0.468 e. The summed E-state index contributed by atoms with van der Waals surface area (Å²) in [5, 5.41) is 2.95. The number of esters is 1. The molecule has 4 heteroatoms. The van der Waals surface area contributed by atoms with E-state index < -0.39 is 12.0 Å². The van der Waals surface area contributed by atoms with Crippen LogP contribution in [-0.4, -0.2) is 19.6 Å². The smallest absolute Gasteiger partial charge is 0.327 e. The summed E-state index contributed by atoms with van der Waals surface area (Å²) in [6, 6.07) is 4.20. The summed E-state index contributed by atoms with van der Waals surface area (Å²) in [7, 11) is 1.30. The van der Waals surface area contributed by atoms with Crippen molar-refractivity contribution in [3.63, 3.8) is 0 Å². The Balaban J connectivity index is 2.45. The predicted octanol–water partition coefficient (Wildman–Crippen LogP) is 1.19. The van der Waals surface area contributed by atoms with Gasteiger partial charge in [-0.2, -0.15) is 0 Å². The monoisotopic (exact) mass is 209 g/mol. The van der Waals surface area contributed by atoms with Gasteiger partial charge < -0.3 is 10.1 Å². The second kappa shape index (κ2) is 3.98. The van der Waals surface area contributed by atoms with Crippen LogP contribution in [0, 0.1) is 5.82 Å². The fourth-order valence-corrected chi connectivity index (χ4v) is 1.90. The lowest BCUT2D eigenvalue weighted by Gasteiger charge is -2.25. The van der Waals surface area contributed by atoms with Gasteiger partial charge in [0.05, 0.1) is 7.11 Å². The van der Waals surface area contributed by atoms with E-state index in [-0.39, 0.29) is 5.82 Å². The molecule has 0 saturated carbocycles. The highest BCUT2D eigenvalue weighted by atomic mass is 19.1. The number of carbonyl (C=O) groups is 1. The number of hydrogen-bond acceptors (Lipinski definition) is 3. The molecule has 0 spiro atoms. The first-order valence-corrected chi connectivity index (χ1v) is 4.82.